The molecule has 4 rings (SSSR count). The van der Waals surface area contributed by atoms with Crippen LogP contribution in [-0.2, 0) is 20.8 Å². The van der Waals surface area contributed by atoms with Crippen LogP contribution in [0.5, 0.6) is 0 Å². The van der Waals surface area contributed by atoms with E-state index in [-0.39, 0.29) is 29.4 Å². The van der Waals surface area contributed by atoms with Crippen molar-refractivity contribution in [2.45, 2.75) is 36.3 Å². The number of hydrogen-bond acceptors (Lipinski definition) is 5. The molecule has 1 atom stereocenters. The number of hydrogen-bond donors (Lipinski definition) is 2. The monoisotopic (exact) mass is 486 g/mol. The lowest BCUT2D eigenvalue weighted by atomic mass is 10.1. The number of carbonyl (C=O) groups excluding carboxylic acids is 3. The van der Waals surface area contributed by atoms with Gasteiger partial charge in [-0.1, -0.05) is 61.5 Å². The minimum Gasteiger partial charge on any atom is -0.326 e. The summed E-state index contributed by atoms with van der Waals surface area (Å²) in [5.74, 6) is -0.163. The number of carbonyl (C=O) groups is 3. The van der Waals surface area contributed by atoms with E-state index in [1.165, 1.54) is 16.8 Å². The van der Waals surface area contributed by atoms with E-state index in [1.807, 2.05) is 79.7 Å². The lowest BCUT2D eigenvalue weighted by Gasteiger charge is -2.15. The molecule has 2 N–H and O–H groups in total. The number of anilines is 2. The van der Waals surface area contributed by atoms with Crippen molar-refractivity contribution in [1.29, 1.82) is 0 Å². The van der Waals surface area contributed by atoms with Crippen LogP contribution in [0, 0.1) is 0 Å². The molecule has 178 valence electrons. The highest BCUT2D eigenvalue weighted by Crippen LogP contribution is 2.28. The van der Waals surface area contributed by atoms with E-state index in [1.54, 1.807) is 12.1 Å². The molecule has 8 heteroatoms. The van der Waals surface area contributed by atoms with Gasteiger partial charge in [0.15, 0.2) is 0 Å². The highest BCUT2D eigenvalue weighted by molar-refractivity contribution is 8.00. The van der Waals surface area contributed by atoms with Crippen molar-refractivity contribution >= 4 is 46.7 Å². The van der Waals surface area contributed by atoms with Crippen molar-refractivity contribution in [2.24, 2.45) is 5.10 Å². The Morgan fingerprint density at radius 3 is 2.40 bits per heavy atom. The van der Waals surface area contributed by atoms with E-state index in [0.29, 0.717) is 30.1 Å². The number of para-hydroxylation sites is 1. The first-order chi connectivity index (χ1) is 17.0. The molecule has 0 saturated heterocycles. The second-order valence-corrected chi connectivity index (χ2v) is 9.28. The van der Waals surface area contributed by atoms with Gasteiger partial charge in [-0.3, -0.25) is 14.4 Å². The van der Waals surface area contributed by atoms with Gasteiger partial charge in [0.25, 0.3) is 5.91 Å². The maximum atomic E-state index is 12.9. The number of amides is 3. The number of hydrazone groups is 1. The van der Waals surface area contributed by atoms with Gasteiger partial charge in [-0.2, -0.15) is 10.1 Å². The van der Waals surface area contributed by atoms with E-state index in [9.17, 15) is 14.4 Å². The average molecular weight is 487 g/mol. The molecule has 1 aliphatic heterocycles. The van der Waals surface area contributed by atoms with Crippen molar-refractivity contribution in [2.75, 3.05) is 10.3 Å². The Kier molecular flexibility index (Phi) is 7.95. The molecule has 1 aliphatic rings. The standard InChI is InChI=1S/C27H26N4O3S/c1-2-23(27(34)29-24-18-26(33)31(30-24)21-13-7-4-8-14-21)35-22-15-9-12-20(17-22)28-25(32)16-19-10-5-3-6-11-19/h3-15,17,23H,2,16,18H2,1H3,(H,28,32)(H,29,30,34). The predicted molar refractivity (Wildman–Crippen MR) is 139 cm³/mol. The number of benzene rings is 3. The molecular weight excluding hydrogens is 460 g/mol. The summed E-state index contributed by atoms with van der Waals surface area (Å²) in [6.07, 6.45) is 0.925. The molecular formula is C27H26N4O3S. The molecule has 0 aromatic heterocycles. The topological polar surface area (TPSA) is 90.9 Å². The van der Waals surface area contributed by atoms with Crippen molar-refractivity contribution < 1.29 is 14.4 Å². The van der Waals surface area contributed by atoms with E-state index in [0.717, 1.165) is 10.5 Å². The van der Waals surface area contributed by atoms with E-state index >= 15 is 0 Å². The zero-order valence-corrected chi connectivity index (χ0v) is 20.1. The fourth-order valence-corrected chi connectivity index (χ4v) is 4.63. The predicted octanol–water partition coefficient (Wildman–Crippen LogP) is 4.61. The van der Waals surface area contributed by atoms with Crippen molar-refractivity contribution in [3.63, 3.8) is 0 Å². The van der Waals surface area contributed by atoms with Crippen LogP contribution in [-0.4, -0.2) is 28.8 Å². The first kappa shape index (κ1) is 24.2. The lowest BCUT2D eigenvalue weighted by Crippen LogP contribution is -2.36. The second kappa shape index (κ2) is 11.5. The number of nitrogens with zero attached hydrogens (tertiary/aromatic N) is 2. The van der Waals surface area contributed by atoms with Crippen molar-refractivity contribution in [3.8, 4) is 0 Å². The van der Waals surface area contributed by atoms with Crippen LogP contribution >= 0.6 is 11.8 Å². The Morgan fingerprint density at radius 1 is 0.971 bits per heavy atom. The van der Waals surface area contributed by atoms with Crippen LogP contribution in [0.3, 0.4) is 0 Å². The van der Waals surface area contributed by atoms with Gasteiger partial charge >= 0.3 is 0 Å². The maximum absolute atomic E-state index is 12.9. The van der Waals surface area contributed by atoms with Crippen LogP contribution in [0.1, 0.15) is 25.3 Å². The zero-order chi connectivity index (χ0) is 24.6. The average Bonchev–Trinajstić information content (AvgIpc) is 3.23. The quantitative estimate of drug-likeness (QED) is 0.455. The third kappa shape index (κ3) is 6.58. The Hall–Kier alpha value is -3.91. The van der Waals surface area contributed by atoms with Gasteiger partial charge in [-0.25, -0.2) is 0 Å². The molecule has 1 heterocycles. The fraction of sp³-hybridized carbons (Fsp3) is 0.185. The third-order valence-electron chi connectivity index (χ3n) is 5.31. The largest absolute Gasteiger partial charge is 0.326 e. The smallest absolute Gasteiger partial charge is 0.255 e. The zero-order valence-electron chi connectivity index (χ0n) is 19.3. The SMILES string of the molecule is CCC(Sc1cccc(NC(=O)Cc2ccccc2)c1)C(=O)NC1=NN(c2ccccc2)C(=O)C1. The first-order valence-electron chi connectivity index (χ1n) is 11.4. The second-order valence-electron chi connectivity index (χ2n) is 8.01. The molecule has 3 aromatic carbocycles. The molecule has 7 nitrogen and oxygen atoms in total. The molecule has 0 radical (unpaired) electrons. The molecule has 35 heavy (non-hydrogen) atoms. The Morgan fingerprint density at radius 2 is 1.69 bits per heavy atom. The molecule has 0 fully saturated rings. The minimum atomic E-state index is -0.381. The van der Waals surface area contributed by atoms with Gasteiger partial charge in [-0.15, -0.1) is 11.8 Å². The van der Waals surface area contributed by atoms with Crippen LogP contribution < -0.4 is 15.6 Å². The summed E-state index contributed by atoms with van der Waals surface area (Å²) in [6, 6.07) is 26.1. The van der Waals surface area contributed by atoms with E-state index < -0.39 is 0 Å². The molecule has 3 amide bonds. The maximum Gasteiger partial charge on any atom is 0.255 e. The summed E-state index contributed by atoms with van der Waals surface area (Å²) in [6.45, 7) is 1.93. The van der Waals surface area contributed by atoms with Crippen LogP contribution in [0.2, 0.25) is 0 Å². The Bertz CT molecular complexity index is 1230. The normalized spacial score (nSPS) is 13.8. The fourth-order valence-electron chi connectivity index (χ4n) is 3.61. The summed E-state index contributed by atoms with van der Waals surface area (Å²) in [7, 11) is 0. The lowest BCUT2D eigenvalue weighted by molar-refractivity contribution is -0.119. The van der Waals surface area contributed by atoms with Crippen LogP contribution in [0.25, 0.3) is 0 Å². The minimum absolute atomic E-state index is 0.0463. The molecule has 0 bridgehead atoms. The Labute approximate surface area is 208 Å². The van der Waals surface area contributed by atoms with E-state index in [2.05, 4.69) is 15.7 Å². The Balaban J connectivity index is 1.36. The van der Waals surface area contributed by atoms with Crippen molar-refractivity contribution in [1.82, 2.24) is 5.32 Å². The summed E-state index contributed by atoms with van der Waals surface area (Å²) in [5.41, 5.74) is 2.28. The molecule has 0 spiro atoms. The number of rotatable bonds is 8. The first-order valence-corrected chi connectivity index (χ1v) is 12.3. The van der Waals surface area contributed by atoms with Gasteiger partial charge < -0.3 is 10.6 Å². The number of thioether (sulfide) groups is 1. The number of nitrogens with one attached hydrogen (secondary N) is 2. The van der Waals surface area contributed by atoms with Gasteiger partial charge in [-0.05, 0) is 42.3 Å². The highest BCUT2D eigenvalue weighted by atomic mass is 32.2. The van der Waals surface area contributed by atoms with Gasteiger partial charge in [0.2, 0.25) is 11.8 Å². The summed E-state index contributed by atoms with van der Waals surface area (Å²) in [4.78, 5) is 38.6. The highest BCUT2D eigenvalue weighted by Gasteiger charge is 2.28. The van der Waals surface area contributed by atoms with Gasteiger partial charge in [0.05, 0.1) is 23.8 Å². The van der Waals surface area contributed by atoms with Crippen LogP contribution in [0.15, 0.2) is 94.9 Å². The van der Waals surface area contributed by atoms with Crippen molar-refractivity contribution in [3.05, 3.63) is 90.5 Å². The summed E-state index contributed by atoms with van der Waals surface area (Å²) in [5, 5.41) is 11.0. The summed E-state index contributed by atoms with van der Waals surface area (Å²) >= 11 is 1.41. The molecule has 0 aliphatic carbocycles. The van der Waals surface area contributed by atoms with Gasteiger partial charge in [0.1, 0.15) is 5.84 Å². The van der Waals surface area contributed by atoms with Gasteiger partial charge in [0, 0.05) is 10.6 Å². The number of amidine groups is 1. The summed E-state index contributed by atoms with van der Waals surface area (Å²) < 4.78 is 0. The molecule has 0 saturated carbocycles. The molecule has 1 unspecified atom stereocenters. The van der Waals surface area contributed by atoms with E-state index in [4.69, 9.17) is 0 Å². The third-order valence-corrected chi connectivity index (χ3v) is 6.67. The molecule has 3 aromatic rings. The van der Waals surface area contributed by atoms with Crippen LogP contribution in [0.4, 0.5) is 11.4 Å².